The first-order valence-electron chi connectivity index (χ1n) is 5.19. The maximum atomic E-state index is 12.4. The van der Waals surface area contributed by atoms with E-state index in [4.69, 9.17) is 5.11 Å². The van der Waals surface area contributed by atoms with E-state index in [1.54, 1.807) is 0 Å². The number of halogens is 10. The predicted molar refractivity (Wildman–Crippen MR) is 65.6 cm³/mol. The molecule has 4 nitrogen and oxygen atoms in total. The number of aromatic carboxylic acids is 1. The summed E-state index contributed by atoms with van der Waals surface area (Å²) in [5, 5.41) is 8.61. The fourth-order valence-corrected chi connectivity index (χ4v) is 3.12. The number of carbonyl (C=O) groups is 1. The molecule has 0 fully saturated rings. The molecule has 16 heteroatoms. The molecular formula is C8H6F10O4S2. The van der Waals surface area contributed by atoms with Crippen LogP contribution < -0.4 is 5.63 Å². The first-order valence-corrected chi connectivity index (χ1v) is 9.44. The third-order valence-corrected chi connectivity index (χ3v) is 3.83. The molecule has 0 spiro atoms. The lowest BCUT2D eigenvalue weighted by Crippen LogP contribution is -2.20. The van der Waals surface area contributed by atoms with Gasteiger partial charge in [-0.3, -0.25) is 0 Å². The topological polar surface area (TPSA) is 67.5 Å². The van der Waals surface area contributed by atoms with Crippen LogP contribution in [-0.2, 0) is 11.5 Å². The molecule has 1 N–H and O–H groups in total. The van der Waals surface area contributed by atoms with Crippen LogP contribution >= 0.6 is 20.4 Å². The summed E-state index contributed by atoms with van der Waals surface area (Å²) in [4.78, 5) is 21.7. The highest BCUT2D eigenvalue weighted by Crippen LogP contribution is 3.00. The van der Waals surface area contributed by atoms with Crippen molar-refractivity contribution in [2.45, 2.75) is 11.5 Å². The zero-order valence-electron chi connectivity index (χ0n) is 10.8. The van der Waals surface area contributed by atoms with Gasteiger partial charge < -0.3 is 9.52 Å². The van der Waals surface area contributed by atoms with Gasteiger partial charge in [-0.15, -0.1) is 0 Å². The molecular weight excluding hydrogens is 414 g/mol. The van der Waals surface area contributed by atoms with E-state index < -0.39 is 66.5 Å². The van der Waals surface area contributed by atoms with Crippen molar-refractivity contribution in [3.8, 4) is 0 Å². The highest BCUT2D eigenvalue weighted by Gasteiger charge is 2.66. The third kappa shape index (κ3) is 7.33. The van der Waals surface area contributed by atoms with Crippen molar-refractivity contribution in [1.29, 1.82) is 0 Å². The van der Waals surface area contributed by atoms with Crippen LogP contribution in [0.15, 0.2) is 15.3 Å². The summed E-state index contributed by atoms with van der Waals surface area (Å²) in [5.74, 6) is -11.9. The number of carboxylic acids is 1. The van der Waals surface area contributed by atoms with Crippen LogP contribution in [0.4, 0.5) is 38.9 Å². The third-order valence-electron chi connectivity index (χ3n) is 2.16. The van der Waals surface area contributed by atoms with Gasteiger partial charge >= 0.3 is 11.6 Å². The van der Waals surface area contributed by atoms with Crippen LogP contribution in [-0.4, -0.2) is 11.1 Å². The molecule has 0 aromatic carbocycles. The van der Waals surface area contributed by atoms with E-state index in [1.807, 2.05) is 0 Å². The lowest BCUT2D eigenvalue weighted by Gasteiger charge is -2.41. The summed E-state index contributed by atoms with van der Waals surface area (Å²) in [7, 11) is -20.9. The second-order valence-corrected chi connectivity index (χ2v) is 9.83. The molecule has 0 aliphatic carbocycles. The summed E-state index contributed by atoms with van der Waals surface area (Å²) in [5.41, 5.74) is -6.47. The Hall–Kier alpha value is -1.58. The minimum atomic E-state index is -10.5. The van der Waals surface area contributed by atoms with Crippen LogP contribution in [0.25, 0.3) is 0 Å². The van der Waals surface area contributed by atoms with E-state index >= 15 is 0 Å². The predicted octanol–water partition coefficient (Wildman–Crippen LogP) is 5.94. The Balaban J connectivity index is 3.73. The highest BCUT2D eigenvalue weighted by atomic mass is 32.5. The lowest BCUT2D eigenvalue weighted by atomic mass is 10.1. The highest BCUT2D eigenvalue weighted by molar-refractivity contribution is 8.45. The largest absolute Gasteiger partial charge is 0.478 e. The molecule has 0 radical (unpaired) electrons. The lowest BCUT2D eigenvalue weighted by molar-refractivity contribution is 0.0691. The normalized spacial score (nSPS) is 18.9. The van der Waals surface area contributed by atoms with Crippen molar-refractivity contribution >= 4 is 26.4 Å². The number of carboxylic acid groups (broad SMARTS) is 1. The first kappa shape index (κ1) is 20.5. The molecule has 0 saturated carbocycles. The molecule has 0 bridgehead atoms. The maximum Gasteiger partial charge on any atom is 0.339 e. The van der Waals surface area contributed by atoms with Gasteiger partial charge in [0.05, 0.1) is 0 Å². The van der Waals surface area contributed by atoms with E-state index in [1.165, 1.54) is 0 Å². The van der Waals surface area contributed by atoms with Gasteiger partial charge in [-0.25, -0.2) is 9.59 Å². The van der Waals surface area contributed by atoms with Crippen LogP contribution in [0.2, 0.25) is 0 Å². The van der Waals surface area contributed by atoms with Crippen molar-refractivity contribution in [2.75, 3.05) is 0 Å². The molecule has 1 aromatic rings. The van der Waals surface area contributed by atoms with Gasteiger partial charge in [0.15, 0.2) is 0 Å². The summed E-state index contributed by atoms with van der Waals surface area (Å²) in [6, 6.07) is -0.448. The molecule has 0 unspecified atom stereocenters. The molecule has 1 aromatic heterocycles. The molecule has 0 aliphatic rings. The van der Waals surface area contributed by atoms with Crippen molar-refractivity contribution in [1.82, 2.24) is 0 Å². The second-order valence-electron chi connectivity index (χ2n) is 4.74. The first-order chi connectivity index (χ1) is 9.84. The summed E-state index contributed by atoms with van der Waals surface area (Å²) in [6.45, 7) is 0. The zero-order valence-corrected chi connectivity index (χ0v) is 12.4. The number of hydrogen-bond acceptors (Lipinski definition) is 3. The quantitative estimate of drug-likeness (QED) is 0.599. The number of rotatable bonds is 5. The molecule has 0 atom stereocenters. The summed E-state index contributed by atoms with van der Waals surface area (Å²) in [6.07, 6.45) is 0. The van der Waals surface area contributed by atoms with Crippen LogP contribution in [0.3, 0.4) is 0 Å². The van der Waals surface area contributed by atoms with Gasteiger partial charge in [0, 0.05) is 6.07 Å². The van der Waals surface area contributed by atoms with Crippen LogP contribution in [0, 0.1) is 0 Å². The molecule has 24 heavy (non-hydrogen) atoms. The zero-order chi connectivity index (χ0) is 19.5. The molecule has 1 heterocycles. The van der Waals surface area contributed by atoms with Crippen molar-refractivity contribution in [3.05, 3.63) is 33.4 Å². The Bertz CT molecular complexity index is 718. The van der Waals surface area contributed by atoms with Gasteiger partial charge in [-0.1, -0.05) is 38.9 Å². The van der Waals surface area contributed by atoms with Gasteiger partial charge in [0.25, 0.3) is 20.4 Å². The molecule has 0 amide bonds. The van der Waals surface area contributed by atoms with E-state index in [2.05, 4.69) is 4.42 Å². The standard InChI is InChI=1S/C8H6F10O4S2/c9-23(10,11,12,13)2-4-1-6(19)22-5(7(4)8(20)21)3-24(14,15,16,17)18/h1H,2-3H2,(H,20,21). The van der Waals surface area contributed by atoms with Gasteiger partial charge in [-0.05, 0) is 5.56 Å². The molecule has 1 rings (SSSR count). The average molecular weight is 420 g/mol. The van der Waals surface area contributed by atoms with Crippen molar-refractivity contribution in [2.24, 2.45) is 0 Å². The van der Waals surface area contributed by atoms with E-state index in [9.17, 15) is 48.4 Å². The summed E-state index contributed by atoms with van der Waals surface area (Å²) < 4.78 is 128. The van der Waals surface area contributed by atoms with Crippen LogP contribution in [0.1, 0.15) is 21.7 Å². The van der Waals surface area contributed by atoms with Crippen molar-refractivity contribution < 1.29 is 53.2 Å². The molecule has 144 valence electrons. The fraction of sp³-hybridized carbons (Fsp3) is 0.250. The Morgan fingerprint density at radius 3 is 1.67 bits per heavy atom. The Kier molecular flexibility index (Phi) is 3.39. The SMILES string of the molecule is O=C(O)c1c(CS(F)(F)(F)(F)F)cc(=O)oc1CS(F)(F)(F)(F)F. The minimum absolute atomic E-state index is 0.448. The van der Waals surface area contributed by atoms with Gasteiger partial charge in [0.2, 0.25) is 0 Å². The van der Waals surface area contributed by atoms with E-state index in [-0.39, 0.29) is 0 Å². The average Bonchev–Trinajstić information content (AvgIpc) is 2.03. The number of hydrogen-bond donors (Lipinski definition) is 1. The Labute approximate surface area is 125 Å². The Morgan fingerprint density at radius 2 is 1.33 bits per heavy atom. The smallest absolute Gasteiger partial charge is 0.339 e. The second kappa shape index (κ2) is 3.97. The fourth-order valence-electron chi connectivity index (χ4n) is 1.61. The molecule has 0 saturated heterocycles. The maximum absolute atomic E-state index is 12.4. The van der Waals surface area contributed by atoms with Gasteiger partial charge in [-0.2, -0.15) is 0 Å². The van der Waals surface area contributed by atoms with Gasteiger partial charge in [0.1, 0.15) is 22.8 Å². The Morgan fingerprint density at radius 1 is 0.917 bits per heavy atom. The van der Waals surface area contributed by atoms with Crippen LogP contribution in [0.5, 0.6) is 0 Å². The van der Waals surface area contributed by atoms with E-state index in [0.29, 0.717) is 0 Å². The minimum Gasteiger partial charge on any atom is -0.478 e. The van der Waals surface area contributed by atoms with E-state index in [0.717, 1.165) is 0 Å². The summed E-state index contributed by atoms with van der Waals surface area (Å²) >= 11 is 0. The monoisotopic (exact) mass is 420 g/mol. The molecule has 0 aliphatic heterocycles. The van der Waals surface area contributed by atoms with Crippen molar-refractivity contribution in [3.63, 3.8) is 0 Å².